The topological polar surface area (TPSA) is 28.0 Å². The Morgan fingerprint density at radius 3 is 1.43 bits per heavy atom. The van der Waals surface area contributed by atoms with Gasteiger partial charge in [-0.15, -0.1) is 0 Å². The average Bonchev–Trinajstić information content (AvgIpc) is 2.43. The van der Waals surface area contributed by atoms with Crippen LogP contribution in [-0.2, 0) is 0 Å². The molecule has 0 fully saturated rings. The van der Waals surface area contributed by atoms with Gasteiger partial charge in [-0.3, -0.25) is 0 Å². The molecule has 0 amide bonds. The summed E-state index contributed by atoms with van der Waals surface area (Å²) in [7, 11) is -5.90. The highest BCUT2D eigenvalue weighted by Crippen LogP contribution is 3.02. The van der Waals surface area contributed by atoms with E-state index in [4.69, 9.17) is 0 Å². The second-order valence-corrected chi connectivity index (χ2v) is 7.48. The molecule has 0 saturated heterocycles. The van der Waals surface area contributed by atoms with Crippen LogP contribution >= 0.6 is 10.2 Å². The van der Waals surface area contributed by atoms with Crippen molar-refractivity contribution in [3.05, 3.63) is 48.5 Å². The molecule has 23 heavy (non-hydrogen) atoms. The smallest absolute Gasteiger partial charge is 0.310 e. The summed E-state index contributed by atoms with van der Waals surface area (Å²) in [5.74, 6) is 0. The number of hydrogen-bond acceptors (Lipinski definition) is 3. The lowest BCUT2D eigenvalue weighted by molar-refractivity contribution is 0.364. The molecule has 0 saturated carbocycles. The summed E-state index contributed by atoms with van der Waals surface area (Å²) in [6, 6.07) is 9.28. The maximum Gasteiger partial charge on any atom is 0.310 e. The van der Waals surface area contributed by atoms with Gasteiger partial charge < -0.3 is 4.90 Å². The summed E-state index contributed by atoms with van der Waals surface area (Å²) < 4.78 is 62.9. The third-order valence-electron chi connectivity index (χ3n) is 2.93. The Morgan fingerprint density at radius 2 is 1.09 bits per heavy atom. The minimum absolute atomic E-state index is 0.0484. The van der Waals surface area contributed by atoms with E-state index in [0.29, 0.717) is 17.8 Å². The molecule has 9 heteroatoms. The predicted octanol–water partition coefficient (Wildman–Crippen LogP) is 6.83. The van der Waals surface area contributed by atoms with E-state index in [2.05, 4.69) is 10.2 Å². The lowest BCUT2D eigenvalue weighted by atomic mass is 10.3. The Morgan fingerprint density at radius 1 is 0.696 bits per heavy atom. The fourth-order valence-corrected chi connectivity index (χ4v) is 2.35. The first-order valence-electron chi connectivity index (χ1n) is 6.38. The highest BCUT2D eigenvalue weighted by molar-refractivity contribution is 8.45. The molecule has 0 spiro atoms. The number of rotatable bonds is 4. The number of benzene rings is 2. The van der Waals surface area contributed by atoms with Gasteiger partial charge in [0, 0.05) is 19.8 Å². The van der Waals surface area contributed by atoms with Crippen LogP contribution in [-0.4, -0.2) is 14.1 Å². The van der Waals surface area contributed by atoms with Crippen LogP contribution in [0.2, 0.25) is 0 Å². The van der Waals surface area contributed by atoms with Crippen molar-refractivity contribution < 1.29 is 19.4 Å². The quantitative estimate of drug-likeness (QED) is 0.438. The Labute approximate surface area is 130 Å². The van der Waals surface area contributed by atoms with E-state index < -0.39 is 15.1 Å². The Balaban J connectivity index is 2.18. The lowest BCUT2D eigenvalue weighted by Crippen LogP contribution is -2.07. The number of anilines is 1. The summed E-state index contributed by atoms with van der Waals surface area (Å²) in [6.07, 6.45) is 0. The molecule has 0 atom stereocenters. The van der Waals surface area contributed by atoms with Crippen molar-refractivity contribution in [2.24, 2.45) is 10.2 Å². The first-order valence-corrected chi connectivity index (χ1v) is 8.33. The van der Waals surface area contributed by atoms with Gasteiger partial charge in [-0.25, -0.2) is 0 Å². The van der Waals surface area contributed by atoms with Crippen LogP contribution in [0.15, 0.2) is 63.7 Å². The highest BCUT2D eigenvalue weighted by Gasteiger charge is 2.65. The SMILES string of the molecule is CN(C)c1ccc(N=Nc2ccc(S(F)(F)(F)(F)F)cc2)cc1. The fourth-order valence-electron chi connectivity index (χ4n) is 1.70. The van der Waals surface area contributed by atoms with Gasteiger partial charge in [0.25, 0.3) is 0 Å². The molecule has 0 aliphatic rings. The first kappa shape index (κ1) is 17.2. The van der Waals surface area contributed by atoms with Crippen molar-refractivity contribution in [1.82, 2.24) is 0 Å². The van der Waals surface area contributed by atoms with Crippen molar-refractivity contribution in [3.63, 3.8) is 0 Å². The molecule has 0 unspecified atom stereocenters. The van der Waals surface area contributed by atoms with E-state index in [0.717, 1.165) is 17.8 Å². The summed E-state index contributed by atoms with van der Waals surface area (Å²) in [5.41, 5.74) is 1.49. The van der Waals surface area contributed by atoms with Crippen LogP contribution < -0.4 is 4.90 Å². The standard InChI is InChI=1S/C14H14F5N3S/c1-22(2)13-7-3-11(4-8-13)20-21-12-5-9-14(10-6-12)23(15,16,17,18)19/h3-10H,1-2H3. The summed E-state index contributed by atoms with van der Waals surface area (Å²) in [4.78, 5) is -0.0565. The van der Waals surface area contributed by atoms with Gasteiger partial charge in [0.2, 0.25) is 0 Å². The molecule has 126 valence electrons. The van der Waals surface area contributed by atoms with Crippen molar-refractivity contribution in [3.8, 4) is 0 Å². The molecule has 0 N–H and O–H groups in total. The van der Waals surface area contributed by atoms with Gasteiger partial charge in [-0.2, -0.15) is 10.2 Å². The molecule has 0 bridgehead atoms. The zero-order valence-corrected chi connectivity index (χ0v) is 13.1. The fraction of sp³-hybridized carbons (Fsp3) is 0.143. The molecule has 0 heterocycles. The van der Waals surface area contributed by atoms with Gasteiger partial charge in [0.15, 0.2) is 0 Å². The maximum absolute atomic E-state index is 12.6. The Bertz CT molecular complexity index is 722. The number of hydrogen-bond donors (Lipinski definition) is 0. The minimum Gasteiger partial charge on any atom is -0.378 e. The first-order chi connectivity index (χ1) is 10.3. The van der Waals surface area contributed by atoms with Crippen LogP contribution in [0, 0.1) is 0 Å². The zero-order chi connectivity index (χ0) is 17.4. The van der Waals surface area contributed by atoms with E-state index in [1.165, 1.54) is 0 Å². The molecule has 0 aliphatic heterocycles. The molecule has 2 aromatic rings. The van der Waals surface area contributed by atoms with Gasteiger partial charge in [0.05, 0.1) is 11.4 Å². The molecule has 0 aromatic heterocycles. The summed E-state index contributed by atoms with van der Waals surface area (Å²) in [6.45, 7) is 0. The third-order valence-corrected chi connectivity index (χ3v) is 4.09. The van der Waals surface area contributed by atoms with Gasteiger partial charge in [-0.1, -0.05) is 19.4 Å². The second kappa shape index (κ2) is 4.92. The minimum atomic E-state index is -9.64. The van der Waals surface area contributed by atoms with Crippen LogP contribution in [0.1, 0.15) is 0 Å². The van der Waals surface area contributed by atoms with E-state index in [-0.39, 0.29) is 5.69 Å². The van der Waals surface area contributed by atoms with Gasteiger partial charge >= 0.3 is 10.2 Å². The van der Waals surface area contributed by atoms with Crippen molar-refractivity contribution >= 4 is 27.3 Å². The molecule has 2 rings (SSSR count). The number of azo groups is 1. The van der Waals surface area contributed by atoms with E-state index in [1.807, 2.05) is 19.0 Å². The van der Waals surface area contributed by atoms with Crippen molar-refractivity contribution in [2.75, 3.05) is 19.0 Å². The van der Waals surface area contributed by atoms with E-state index in [1.54, 1.807) is 24.3 Å². The normalized spacial score (nSPS) is 15.3. The molecule has 0 radical (unpaired) electrons. The summed E-state index contributed by atoms with van der Waals surface area (Å²) in [5, 5.41) is 7.58. The number of halogens is 5. The molecular formula is C14H14F5N3S. The molecular weight excluding hydrogens is 337 g/mol. The van der Waals surface area contributed by atoms with Gasteiger partial charge in [0.1, 0.15) is 4.90 Å². The molecule has 3 nitrogen and oxygen atoms in total. The van der Waals surface area contributed by atoms with Gasteiger partial charge in [-0.05, 0) is 48.5 Å². The predicted molar refractivity (Wildman–Crippen MR) is 82.8 cm³/mol. The summed E-state index contributed by atoms with van der Waals surface area (Å²) >= 11 is 0. The Kier molecular flexibility index (Phi) is 3.68. The van der Waals surface area contributed by atoms with E-state index in [9.17, 15) is 19.4 Å². The second-order valence-electron chi connectivity index (χ2n) is 5.07. The zero-order valence-electron chi connectivity index (χ0n) is 12.3. The third kappa shape index (κ3) is 4.65. The number of nitrogens with zero attached hydrogens (tertiary/aromatic N) is 3. The monoisotopic (exact) mass is 351 g/mol. The highest BCUT2D eigenvalue weighted by atomic mass is 32.5. The van der Waals surface area contributed by atoms with Crippen molar-refractivity contribution in [2.45, 2.75) is 4.90 Å². The van der Waals surface area contributed by atoms with Crippen molar-refractivity contribution in [1.29, 1.82) is 0 Å². The molecule has 0 aliphatic carbocycles. The maximum atomic E-state index is 12.6. The molecule has 2 aromatic carbocycles. The Hall–Kier alpha value is -2.16. The van der Waals surface area contributed by atoms with Crippen LogP contribution in [0.4, 0.5) is 36.5 Å². The average molecular weight is 351 g/mol. The van der Waals surface area contributed by atoms with E-state index >= 15 is 0 Å². The van der Waals surface area contributed by atoms with Crippen LogP contribution in [0.5, 0.6) is 0 Å². The van der Waals surface area contributed by atoms with Crippen LogP contribution in [0.25, 0.3) is 0 Å². The largest absolute Gasteiger partial charge is 0.378 e. The van der Waals surface area contributed by atoms with Crippen LogP contribution in [0.3, 0.4) is 0 Å². The lowest BCUT2D eigenvalue weighted by Gasteiger charge is -2.40.